The number of anilines is 2. The van der Waals surface area contributed by atoms with Gasteiger partial charge in [-0.1, -0.05) is 43.0 Å². The molecule has 0 amide bonds. The van der Waals surface area contributed by atoms with Gasteiger partial charge in [0.25, 0.3) is 0 Å². The third kappa shape index (κ3) is 5.18. The first-order valence-electron chi connectivity index (χ1n) is 15.7. The van der Waals surface area contributed by atoms with Crippen molar-refractivity contribution in [2.75, 3.05) is 18.4 Å². The van der Waals surface area contributed by atoms with Gasteiger partial charge in [-0.15, -0.1) is 0 Å². The van der Waals surface area contributed by atoms with Gasteiger partial charge in [0.15, 0.2) is 5.82 Å². The fourth-order valence-corrected chi connectivity index (χ4v) is 7.18. The molecule has 7 rings (SSSR count). The van der Waals surface area contributed by atoms with Crippen LogP contribution >= 0.6 is 0 Å². The number of pyridine rings is 2. The van der Waals surface area contributed by atoms with Crippen molar-refractivity contribution in [3.63, 3.8) is 0 Å². The van der Waals surface area contributed by atoms with E-state index in [9.17, 15) is 5.26 Å². The quantitative estimate of drug-likeness (QED) is 0.230. The summed E-state index contributed by atoms with van der Waals surface area (Å²) in [5.74, 6) is 0.676. The summed E-state index contributed by atoms with van der Waals surface area (Å²) in [5.41, 5.74) is 12.7. The molecule has 1 saturated heterocycles. The highest BCUT2D eigenvalue weighted by Crippen LogP contribution is 2.43. The maximum absolute atomic E-state index is 9.85. The van der Waals surface area contributed by atoms with Crippen molar-refractivity contribution < 1.29 is 0 Å². The zero-order valence-corrected chi connectivity index (χ0v) is 25.5. The fraction of sp³-hybridized carbons (Fsp3) is 0.289. The predicted molar refractivity (Wildman–Crippen MR) is 178 cm³/mol. The smallest absolute Gasteiger partial charge is 0.156 e. The number of nitrogens with one attached hydrogen (secondary N) is 2. The molecule has 0 saturated carbocycles. The van der Waals surface area contributed by atoms with Crippen molar-refractivity contribution >= 4 is 22.4 Å². The minimum Gasteiger partial charge on any atom is -0.378 e. The number of likely N-dealkylation sites (tertiary alicyclic amines) is 1. The van der Waals surface area contributed by atoms with Gasteiger partial charge in [-0.25, -0.2) is 4.98 Å². The van der Waals surface area contributed by atoms with Gasteiger partial charge in [0, 0.05) is 35.7 Å². The highest BCUT2D eigenvalue weighted by Gasteiger charge is 2.32. The highest BCUT2D eigenvalue weighted by atomic mass is 15.1. The number of aromatic nitrogens is 2. The molecular formula is C38H38N6. The molecule has 2 unspecified atom stereocenters. The number of rotatable bonds is 7. The van der Waals surface area contributed by atoms with Gasteiger partial charge < -0.3 is 10.6 Å². The van der Waals surface area contributed by atoms with Crippen molar-refractivity contribution in [3.05, 3.63) is 119 Å². The summed E-state index contributed by atoms with van der Waals surface area (Å²) in [6.07, 6.45) is 12.1. The van der Waals surface area contributed by atoms with Crippen molar-refractivity contribution in [3.8, 4) is 17.2 Å². The van der Waals surface area contributed by atoms with E-state index in [0.29, 0.717) is 0 Å². The first-order chi connectivity index (χ1) is 21.5. The molecule has 0 radical (unpaired) electrons. The van der Waals surface area contributed by atoms with Crippen LogP contribution in [0.4, 0.5) is 11.5 Å². The average molecular weight is 579 g/mol. The van der Waals surface area contributed by atoms with Crippen LogP contribution in [0, 0.1) is 31.1 Å². The van der Waals surface area contributed by atoms with Crippen LogP contribution in [0.5, 0.6) is 0 Å². The Balaban J connectivity index is 1.16. The number of nitriles is 1. The van der Waals surface area contributed by atoms with Crippen molar-refractivity contribution in [1.29, 1.82) is 5.26 Å². The summed E-state index contributed by atoms with van der Waals surface area (Å²) in [5, 5.41) is 18.3. The largest absolute Gasteiger partial charge is 0.378 e. The second-order valence-electron chi connectivity index (χ2n) is 12.3. The van der Waals surface area contributed by atoms with Crippen LogP contribution in [-0.2, 0) is 6.54 Å². The zero-order valence-electron chi connectivity index (χ0n) is 25.5. The molecule has 3 aliphatic rings. The number of hydrogen-bond acceptors (Lipinski definition) is 6. The third-order valence-corrected chi connectivity index (χ3v) is 9.60. The van der Waals surface area contributed by atoms with Gasteiger partial charge in [0.1, 0.15) is 5.52 Å². The Morgan fingerprint density at radius 1 is 1.05 bits per heavy atom. The molecule has 44 heavy (non-hydrogen) atoms. The average Bonchev–Trinajstić information content (AvgIpc) is 3.72. The van der Waals surface area contributed by atoms with E-state index in [0.717, 1.165) is 58.6 Å². The van der Waals surface area contributed by atoms with E-state index < -0.39 is 0 Å². The Hall–Kier alpha value is -4.73. The maximum Gasteiger partial charge on any atom is 0.156 e. The second-order valence-corrected chi connectivity index (χ2v) is 12.3. The maximum atomic E-state index is 9.85. The van der Waals surface area contributed by atoms with Gasteiger partial charge in [0.2, 0.25) is 0 Å². The summed E-state index contributed by atoms with van der Waals surface area (Å²) in [6.45, 7) is 11.6. The molecule has 1 fully saturated rings. The van der Waals surface area contributed by atoms with Crippen LogP contribution in [0.3, 0.4) is 0 Å². The third-order valence-electron chi connectivity index (χ3n) is 9.60. The summed E-state index contributed by atoms with van der Waals surface area (Å²) in [7, 11) is 0. The van der Waals surface area contributed by atoms with Gasteiger partial charge in [0.05, 0.1) is 18.0 Å². The van der Waals surface area contributed by atoms with Crippen LogP contribution in [0.15, 0.2) is 96.5 Å². The van der Waals surface area contributed by atoms with E-state index in [1.54, 1.807) is 0 Å². The molecule has 0 bridgehead atoms. The molecule has 2 aromatic heterocycles. The predicted octanol–water partition coefficient (Wildman–Crippen LogP) is 8.20. The fourth-order valence-electron chi connectivity index (χ4n) is 7.18. The lowest BCUT2D eigenvalue weighted by Crippen LogP contribution is -2.18. The van der Waals surface area contributed by atoms with Gasteiger partial charge in [-0.3, -0.25) is 9.88 Å². The van der Waals surface area contributed by atoms with Crippen LogP contribution < -0.4 is 10.6 Å². The Kier molecular flexibility index (Phi) is 7.49. The molecule has 2 aliphatic heterocycles. The van der Waals surface area contributed by atoms with Crippen LogP contribution in [0.25, 0.3) is 22.0 Å². The molecule has 2 aromatic carbocycles. The Morgan fingerprint density at radius 3 is 2.64 bits per heavy atom. The minimum atomic E-state index is -0.0946. The van der Waals surface area contributed by atoms with E-state index in [-0.39, 0.29) is 12.0 Å². The van der Waals surface area contributed by atoms with E-state index in [1.165, 1.54) is 59.3 Å². The lowest BCUT2D eigenvalue weighted by atomic mass is 9.84. The molecule has 2 atom stereocenters. The Bertz CT molecular complexity index is 1870. The van der Waals surface area contributed by atoms with Crippen molar-refractivity contribution in [1.82, 2.24) is 20.2 Å². The second kappa shape index (κ2) is 11.7. The number of benzene rings is 2. The standard InChI is InChI=1S/C38H38N6/c1-4-26-17-29(21-39)33-20-36(42-35(33)19-26)32-11-7-9-30(24(32)2)31-10-8-12-34(25(31)3)43-38-37-28(13-14-40-38)18-27(22-41-37)23-44-15-5-6-16-44/h4,7-14,18-19,22,29,36,42H,1,5-6,15-17,20,23H2,2-3H3,(H,40,43). The number of nitrogens with zero attached hydrogens (tertiary/aromatic N) is 4. The van der Waals surface area contributed by atoms with Crippen LogP contribution in [0.2, 0.25) is 0 Å². The molecule has 6 nitrogen and oxygen atoms in total. The monoisotopic (exact) mass is 578 g/mol. The number of allylic oxidation sites excluding steroid dienone is 3. The SMILES string of the molecule is C=CC1=CC2=C(CC(c3cccc(-c4cccc(Nc5nccc6cc(CN7CCCC7)cnc56)c4C)c3C)N2)C(C#N)C1. The normalized spacial score (nSPS) is 19.8. The zero-order chi connectivity index (χ0) is 30.2. The molecule has 4 heterocycles. The Morgan fingerprint density at radius 2 is 1.84 bits per heavy atom. The van der Waals surface area contributed by atoms with Gasteiger partial charge in [-0.05, 0) is 121 Å². The van der Waals surface area contributed by atoms with E-state index in [1.807, 2.05) is 18.5 Å². The molecule has 4 aromatic rings. The Labute approximate surface area is 259 Å². The minimum absolute atomic E-state index is 0.0946. The molecule has 2 N–H and O–H groups in total. The summed E-state index contributed by atoms with van der Waals surface area (Å²) >= 11 is 0. The van der Waals surface area contributed by atoms with Crippen molar-refractivity contribution in [2.45, 2.75) is 52.1 Å². The molecule has 220 valence electrons. The van der Waals surface area contributed by atoms with E-state index >= 15 is 0 Å². The van der Waals surface area contributed by atoms with E-state index in [2.05, 4.69) is 96.6 Å². The first kappa shape index (κ1) is 28.1. The number of hydrogen-bond donors (Lipinski definition) is 2. The summed E-state index contributed by atoms with van der Waals surface area (Å²) < 4.78 is 0. The highest BCUT2D eigenvalue weighted by molar-refractivity contribution is 5.91. The number of fused-ring (bicyclic) bond motifs is 1. The molecular weight excluding hydrogens is 540 g/mol. The van der Waals surface area contributed by atoms with Crippen molar-refractivity contribution in [2.24, 2.45) is 5.92 Å². The molecule has 1 aliphatic carbocycles. The van der Waals surface area contributed by atoms with Gasteiger partial charge in [-0.2, -0.15) is 5.26 Å². The first-order valence-corrected chi connectivity index (χ1v) is 15.7. The lowest BCUT2D eigenvalue weighted by Gasteiger charge is -2.20. The van der Waals surface area contributed by atoms with Crippen LogP contribution in [0.1, 0.15) is 54.0 Å². The summed E-state index contributed by atoms with van der Waals surface area (Å²) in [6, 6.07) is 20.0. The topological polar surface area (TPSA) is 76.9 Å². The van der Waals surface area contributed by atoms with Crippen LogP contribution in [-0.4, -0.2) is 28.0 Å². The molecule has 6 heteroatoms. The molecule has 0 spiro atoms. The lowest BCUT2D eigenvalue weighted by molar-refractivity contribution is 0.331. The summed E-state index contributed by atoms with van der Waals surface area (Å²) in [4.78, 5) is 12.1. The van der Waals surface area contributed by atoms with E-state index in [4.69, 9.17) is 9.97 Å². The van der Waals surface area contributed by atoms with Gasteiger partial charge >= 0.3 is 0 Å².